The summed E-state index contributed by atoms with van der Waals surface area (Å²) in [6.45, 7) is 32.0. The fourth-order valence-corrected chi connectivity index (χ4v) is 20.2. The Balaban J connectivity index is 0.865. The molecule has 2 N–H and O–H groups in total. The lowest BCUT2D eigenvalue weighted by Gasteiger charge is -2.41. The summed E-state index contributed by atoms with van der Waals surface area (Å²) in [6.07, 6.45) is 62.7. The van der Waals surface area contributed by atoms with Crippen molar-refractivity contribution in [3.63, 3.8) is 0 Å². The third kappa shape index (κ3) is 32.8. The molecule has 5 aliphatic carbocycles. The molecular weight excluding hydrogens is 1130 g/mol. The van der Waals surface area contributed by atoms with Crippen LogP contribution in [-0.4, -0.2) is 75.3 Å². The van der Waals surface area contributed by atoms with Gasteiger partial charge in [0.15, 0.2) is 0 Å². The van der Waals surface area contributed by atoms with Gasteiger partial charge in [-0.05, 0) is 214 Å². The van der Waals surface area contributed by atoms with Crippen LogP contribution >= 0.6 is 0 Å². The molecule has 92 heavy (non-hydrogen) atoms. The van der Waals surface area contributed by atoms with Gasteiger partial charge in [0.2, 0.25) is 0 Å². The topological polar surface area (TPSA) is 77.4 Å². The molecule has 1 heterocycles. The molecular formula is C86H162O6. The van der Waals surface area contributed by atoms with Gasteiger partial charge >= 0.3 is 0 Å². The van der Waals surface area contributed by atoms with Crippen LogP contribution < -0.4 is 0 Å². The molecule has 0 radical (unpaired) electrons. The Morgan fingerprint density at radius 2 is 0.598 bits per heavy atom. The highest BCUT2D eigenvalue weighted by Crippen LogP contribution is 2.51. The molecule has 1 saturated heterocycles. The molecule has 0 aromatic heterocycles. The summed E-state index contributed by atoms with van der Waals surface area (Å²) in [7, 11) is 0. The second-order valence-electron chi connectivity index (χ2n) is 36.4. The third-order valence-electron chi connectivity index (χ3n) is 27.7. The van der Waals surface area contributed by atoms with Gasteiger partial charge < -0.3 is 29.2 Å². The molecule has 22 unspecified atom stereocenters. The zero-order valence-electron chi connectivity index (χ0n) is 63.6. The minimum Gasteiger partial charge on any atom is -0.394 e. The Hall–Kier alpha value is -0.240. The lowest BCUT2D eigenvalue weighted by Crippen LogP contribution is -2.29. The zero-order valence-corrected chi connectivity index (χ0v) is 63.6. The fourth-order valence-electron chi connectivity index (χ4n) is 20.2. The highest BCUT2D eigenvalue weighted by atomic mass is 16.5. The lowest BCUT2D eigenvalue weighted by atomic mass is 9.64. The molecule has 10 bridgehead atoms. The van der Waals surface area contributed by atoms with E-state index in [0.29, 0.717) is 42.3 Å². The van der Waals surface area contributed by atoms with Crippen LogP contribution in [0.3, 0.4) is 0 Å². The number of rotatable bonds is 2. The molecule has 542 valence electrons. The number of fused-ring (bicyclic) bond motifs is 11. The van der Waals surface area contributed by atoms with Crippen LogP contribution in [0.4, 0.5) is 0 Å². The molecule has 0 aromatic carbocycles. The smallest absolute Gasteiger partial charge is 0.104 e. The van der Waals surface area contributed by atoms with Crippen molar-refractivity contribution in [2.75, 3.05) is 52.9 Å². The van der Waals surface area contributed by atoms with Gasteiger partial charge in [-0.3, -0.25) is 0 Å². The number of ether oxygens (including phenoxy) is 4. The van der Waals surface area contributed by atoms with Gasteiger partial charge in [-0.1, -0.05) is 269 Å². The molecule has 0 amide bonds. The van der Waals surface area contributed by atoms with Crippen LogP contribution in [0.1, 0.15) is 365 Å². The van der Waals surface area contributed by atoms with E-state index in [1.54, 1.807) is 0 Å². The second kappa shape index (κ2) is 46.2. The van der Waals surface area contributed by atoms with Crippen LogP contribution in [0.2, 0.25) is 0 Å². The Morgan fingerprint density at radius 1 is 0.283 bits per heavy atom. The third-order valence-corrected chi connectivity index (χ3v) is 27.7. The van der Waals surface area contributed by atoms with E-state index < -0.39 is 0 Å². The van der Waals surface area contributed by atoms with Crippen molar-refractivity contribution in [3.05, 3.63) is 0 Å². The number of aliphatic hydroxyl groups is 2. The quantitative estimate of drug-likeness (QED) is 0.287. The summed E-state index contributed by atoms with van der Waals surface area (Å²) >= 11 is 0. The van der Waals surface area contributed by atoms with E-state index in [4.69, 9.17) is 18.9 Å². The monoisotopic (exact) mass is 1290 g/mol. The van der Waals surface area contributed by atoms with Crippen molar-refractivity contribution in [2.24, 2.45) is 118 Å². The van der Waals surface area contributed by atoms with Crippen molar-refractivity contribution in [1.82, 2.24) is 0 Å². The first-order valence-corrected chi connectivity index (χ1v) is 42.1. The van der Waals surface area contributed by atoms with E-state index in [1.807, 2.05) is 0 Å². The number of hydrogen-bond acceptors (Lipinski definition) is 6. The molecule has 1 aliphatic heterocycles. The summed E-state index contributed by atoms with van der Waals surface area (Å²) < 4.78 is 24.7. The van der Waals surface area contributed by atoms with Crippen molar-refractivity contribution in [1.29, 1.82) is 0 Å². The van der Waals surface area contributed by atoms with Gasteiger partial charge in [-0.15, -0.1) is 0 Å². The van der Waals surface area contributed by atoms with Gasteiger partial charge in [0, 0.05) is 26.4 Å². The van der Waals surface area contributed by atoms with Crippen LogP contribution in [0.25, 0.3) is 0 Å². The van der Waals surface area contributed by atoms with Gasteiger partial charge in [-0.2, -0.15) is 0 Å². The molecule has 22 atom stereocenters. The lowest BCUT2D eigenvalue weighted by molar-refractivity contribution is -0.0471. The fraction of sp³-hybridized carbons (Fsp3) is 1.00. The minimum atomic E-state index is -0.195. The highest BCUT2D eigenvalue weighted by molar-refractivity contribution is 4.90. The van der Waals surface area contributed by atoms with Gasteiger partial charge in [0.05, 0.1) is 26.4 Å². The molecule has 5 saturated carbocycles. The number of aliphatic hydroxyl groups excluding tert-OH is 2. The molecule has 6 heteroatoms. The molecule has 6 nitrogen and oxygen atoms in total. The van der Waals surface area contributed by atoms with E-state index in [-0.39, 0.29) is 25.4 Å². The predicted octanol–water partition coefficient (Wildman–Crippen LogP) is 24.3. The van der Waals surface area contributed by atoms with Crippen LogP contribution in [0, 0.1) is 118 Å². The first-order chi connectivity index (χ1) is 44.5. The molecule has 6 fully saturated rings. The van der Waals surface area contributed by atoms with Gasteiger partial charge in [-0.25, -0.2) is 0 Å². The maximum absolute atomic E-state index is 10.1. The van der Waals surface area contributed by atoms with Crippen molar-refractivity contribution in [3.8, 4) is 0 Å². The highest BCUT2D eigenvalue weighted by Gasteiger charge is 2.39. The SMILES string of the molecule is CC1CCCC2CCC(C2)C2CCCC(C)(CCC(C)CCCC(C)C3CCC(CCCC(C)CCOC(CO)COCCC(C)CCCC4CCC(C4)C(C)CCCC(C)CCC(C)CCCC(C)C4CCC(CCCC(C)CCOC(CO)COCC1)C4)C3)C2. The Labute approximate surface area is 574 Å². The number of hydrogen-bond donors (Lipinski definition) is 2. The molecule has 6 aliphatic rings. The first-order valence-electron chi connectivity index (χ1n) is 42.1. The maximum atomic E-state index is 10.1. The Bertz CT molecular complexity index is 1790. The van der Waals surface area contributed by atoms with Crippen molar-refractivity contribution in [2.45, 2.75) is 377 Å². The van der Waals surface area contributed by atoms with E-state index >= 15 is 0 Å². The molecule has 0 aromatic rings. The van der Waals surface area contributed by atoms with Gasteiger partial charge in [0.25, 0.3) is 0 Å². The van der Waals surface area contributed by atoms with Crippen LogP contribution in [0.5, 0.6) is 0 Å². The summed E-state index contributed by atoms with van der Waals surface area (Å²) in [5, 5.41) is 20.2. The predicted molar refractivity (Wildman–Crippen MR) is 394 cm³/mol. The van der Waals surface area contributed by atoms with E-state index in [1.165, 1.54) is 263 Å². The Morgan fingerprint density at radius 3 is 0.967 bits per heavy atom. The van der Waals surface area contributed by atoms with E-state index in [0.717, 1.165) is 141 Å². The largest absolute Gasteiger partial charge is 0.394 e. The normalized spacial score (nSPS) is 41.8. The van der Waals surface area contributed by atoms with E-state index in [2.05, 4.69) is 76.2 Å². The van der Waals surface area contributed by atoms with Crippen molar-refractivity contribution < 1.29 is 29.2 Å². The average Bonchev–Trinajstić information content (AvgIpc) is 1.52. The van der Waals surface area contributed by atoms with Crippen LogP contribution in [-0.2, 0) is 18.9 Å². The molecule has 0 spiro atoms. The zero-order chi connectivity index (χ0) is 65.9. The molecule has 6 rings (SSSR count). The van der Waals surface area contributed by atoms with Gasteiger partial charge in [0.1, 0.15) is 12.2 Å². The Kier molecular flexibility index (Phi) is 40.6. The maximum Gasteiger partial charge on any atom is 0.104 e. The summed E-state index contributed by atoms with van der Waals surface area (Å²) in [4.78, 5) is 0. The summed E-state index contributed by atoms with van der Waals surface area (Å²) in [5.74, 6) is 16.6. The van der Waals surface area contributed by atoms with Crippen LogP contribution in [0.15, 0.2) is 0 Å². The first kappa shape index (κ1) is 80.7. The van der Waals surface area contributed by atoms with E-state index in [9.17, 15) is 10.2 Å². The second-order valence-corrected chi connectivity index (χ2v) is 36.4. The average molecular weight is 1290 g/mol. The summed E-state index contributed by atoms with van der Waals surface area (Å²) in [6, 6.07) is 0. The standard InChI is InChI=1S/C86H162O6/c1-65-20-12-27-72(8)79-41-37-75(56-79)30-15-23-68(4)46-52-89-63-84(61-87)91-54-49-71(7)26-18-32-77-39-43-81(58-77)74(10)29-14-22-67(3)45-51-86(11)50-19-34-83(60-86)82-44-40-78(59-82)33-16-24-69(5)47-53-90-64-85(62-88)92-55-48-70(6)25-17-31-76-38-42-80(57-76)73(9)28-13-21-66(2)36-35-65/h65-85,87-88H,12-64H2,1-11H3. The summed E-state index contributed by atoms with van der Waals surface area (Å²) in [5.41, 5.74) is 0.568. The minimum absolute atomic E-state index is 0.0521. The van der Waals surface area contributed by atoms with Crippen molar-refractivity contribution >= 4 is 0 Å².